The fraction of sp³-hybridized carbons (Fsp3) is 0.0625. The molecular weight excluding hydrogens is 379 g/mol. The van der Waals surface area contributed by atoms with Crippen LogP contribution in [0.4, 0.5) is 10.1 Å². The smallest absolute Gasteiger partial charge is 0.290 e. The van der Waals surface area contributed by atoms with Crippen molar-refractivity contribution in [1.29, 1.82) is 0 Å². The van der Waals surface area contributed by atoms with Gasteiger partial charge in [-0.1, -0.05) is 0 Å². The lowest BCUT2D eigenvalue weighted by molar-refractivity contribution is -0.115. The molecule has 24 heavy (non-hydrogen) atoms. The third-order valence-electron chi connectivity index (χ3n) is 3.28. The number of hydrogen-bond donors (Lipinski definition) is 2. The Morgan fingerprint density at radius 1 is 1.42 bits per heavy atom. The van der Waals surface area contributed by atoms with Crippen molar-refractivity contribution in [2.75, 3.05) is 5.32 Å². The molecule has 0 atom stereocenters. The molecule has 2 aromatic heterocycles. The van der Waals surface area contributed by atoms with Crippen LogP contribution >= 0.6 is 15.9 Å². The number of amides is 1. The van der Waals surface area contributed by atoms with Crippen molar-refractivity contribution in [2.24, 2.45) is 0 Å². The predicted molar refractivity (Wildman–Crippen MR) is 91.5 cm³/mol. The third-order valence-corrected chi connectivity index (χ3v) is 3.72. The number of fused-ring (bicyclic) bond motifs is 1. The summed E-state index contributed by atoms with van der Waals surface area (Å²) in [4.78, 5) is 15.8. The number of nitrogens with zero attached hydrogens (tertiary/aromatic N) is 3. The quantitative estimate of drug-likeness (QED) is 0.527. The number of hydrogen-bond acceptors (Lipinski definition) is 4. The average molecular weight is 391 g/mol. The molecule has 2 N–H and O–H groups in total. The normalized spacial score (nSPS) is 11.7. The van der Waals surface area contributed by atoms with Crippen LogP contribution in [-0.4, -0.2) is 25.8 Å². The second-order valence-electron chi connectivity index (χ2n) is 4.93. The van der Waals surface area contributed by atoms with Crippen LogP contribution in [-0.2, 0) is 4.79 Å². The van der Waals surface area contributed by atoms with Gasteiger partial charge in [0.05, 0.1) is 0 Å². The molecule has 0 spiro atoms. The fourth-order valence-corrected chi connectivity index (χ4v) is 2.45. The van der Waals surface area contributed by atoms with E-state index in [0.717, 1.165) is 9.86 Å². The fourth-order valence-electron chi connectivity index (χ4n) is 2.10. The summed E-state index contributed by atoms with van der Waals surface area (Å²) >= 11 is 3.32. The summed E-state index contributed by atoms with van der Waals surface area (Å²) in [6, 6.07) is 5.86. The molecule has 2 heterocycles. The molecule has 0 unspecified atom stereocenters. The summed E-state index contributed by atoms with van der Waals surface area (Å²) < 4.78 is 16.3. The number of nitrogens with one attached hydrogen (secondary N) is 1. The van der Waals surface area contributed by atoms with Crippen LogP contribution in [0.2, 0.25) is 0 Å². The molecule has 0 saturated carbocycles. The van der Waals surface area contributed by atoms with Crippen LogP contribution in [0, 0.1) is 5.82 Å². The van der Waals surface area contributed by atoms with Gasteiger partial charge < -0.3 is 10.4 Å². The van der Waals surface area contributed by atoms with E-state index in [1.54, 1.807) is 12.4 Å². The zero-order valence-corrected chi connectivity index (χ0v) is 14.1. The summed E-state index contributed by atoms with van der Waals surface area (Å²) in [5.41, 5.74) is 0.957. The van der Waals surface area contributed by atoms with E-state index in [1.165, 1.54) is 35.9 Å². The van der Waals surface area contributed by atoms with Crippen LogP contribution in [0.5, 0.6) is 0 Å². The molecular formula is C16H12BrFN4O2. The predicted octanol–water partition coefficient (Wildman–Crippen LogP) is 3.72. The SMILES string of the molecule is C/C=C(\O)C(=O)Nc1ccc(F)c(-n2cc3cc(Br)cnc3n2)c1. The van der Waals surface area contributed by atoms with Crippen LogP contribution < -0.4 is 5.32 Å². The number of pyridine rings is 1. The minimum atomic E-state index is -0.675. The molecule has 6 nitrogen and oxygen atoms in total. The molecule has 122 valence electrons. The van der Waals surface area contributed by atoms with Crippen molar-refractivity contribution in [3.05, 3.63) is 58.8 Å². The highest BCUT2D eigenvalue weighted by atomic mass is 79.9. The first-order chi connectivity index (χ1) is 11.5. The monoisotopic (exact) mass is 390 g/mol. The Bertz CT molecular complexity index is 968. The van der Waals surface area contributed by atoms with E-state index >= 15 is 0 Å². The average Bonchev–Trinajstić information content (AvgIpc) is 2.98. The molecule has 3 rings (SSSR count). The largest absolute Gasteiger partial charge is 0.503 e. The minimum Gasteiger partial charge on any atom is -0.503 e. The molecule has 0 fully saturated rings. The van der Waals surface area contributed by atoms with Gasteiger partial charge in [-0.3, -0.25) is 4.79 Å². The number of aliphatic hydroxyl groups is 1. The van der Waals surface area contributed by atoms with Crippen molar-refractivity contribution in [3.8, 4) is 5.69 Å². The van der Waals surface area contributed by atoms with Gasteiger partial charge in [-0.25, -0.2) is 14.1 Å². The summed E-state index contributed by atoms with van der Waals surface area (Å²) in [5, 5.41) is 16.8. The summed E-state index contributed by atoms with van der Waals surface area (Å²) in [6.07, 6.45) is 4.51. The summed E-state index contributed by atoms with van der Waals surface area (Å²) in [6.45, 7) is 1.53. The van der Waals surface area contributed by atoms with Gasteiger partial charge in [0, 0.05) is 27.9 Å². The number of rotatable bonds is 3. The Balaban J connectivity index is 2.00. The first kappa shape index (κ1) is 16.1. The molecule has 0 aliphatic heterocycles. The number of aromatic nitrogens is 3. The third kappa shape index (κ3) is 3.13. The first-order valence-electron chi connectivity index (χ1n) is 6.95. The van der Waals surface area contributed by atoms with Crippen molar-refractivity contribution in [3.63, 3.8) is 0 Å². The van der Waals surface area contributed by atoms with E-state index < -0.39 is 17.5 Å². The molecule has 8 heteroatoms. The lowest BCUT2D eigenvalue weighted by Gasteiger charge is -2.08. The molecule has 0 aliphatic rings. The molecule has 0 radical (unpaired) electrons. The number of anilines is 1. The maximum Gasteiger partial charge on any atom is 0.290 e. The Morgan fingerprint density at radius 3 is 2.96 bits per heavy atom. The molecule has 0 aliphatic carbocycles. The van der Waals surface area contributed by atoms with Crippen molar-refractivity contribution >= 4 is 38.6 Å². The minimum absolute atomic E-state index is 0.155. The molecule has 3 aromatic rings. The van der Waals surface area contributed by atoms with Crippen molar-refractivity contribution in [2.45, 2.75) is 6.92 Å². The number of carbonyl (C=O) groups excluding carboxylic acids is 1. The van der Waals surface area contributed by atoms with Gasteiger partial charge >= 0.3 is 0 Å². The van der Waals surface area contributed by atoms with Crippen LogP contribution in [0.1, 0.15) is 6.92 Å². The van der Waals surface area contributed by atoms with Gasteiger partial charge in [0.25, 0.3) is 5.91 Å². The van der Waals surface area contributed by atoms with Gasteiger partial charge in [-0.2, -0.15) is 0 Å². The highest BCUT2D eigenvalue weighted by Gasteiger charge is 2.12. The Kier molecular flexibility index (Phi) is 4.30. The lowest BCUT2D eigenvalue weighted by Crippen LogP contribution is -2.14. The molecule has 0 bridgehead atoms. The van der Waals surface area contributed by atoms with E-state index in [4.69, 9.17) is 0 Å². The first-order valence-corrected chi connectivity index (χ1v) is 7.74. The maximum atomic E-state index is 14.2. The second kappa shape index (κ2) is 6.40. The number of carbonyl (C=O) groups is 1. The lowest BCUT2D eigenvalue weighted by atomic mass is 10.2. The molecule has 1 amide bonds. The van der Waals surface area contributed by atoms with Crippen LogP contribution in [0.15, 0.2) is 53.0 Å². The van der Waals surface area contributed by atoms with Gasteiger partial charge in [-0.05, 0) is 53.2 Å². The number of allylic oxidation sites excluding steroid dienone is 1. The van der Waals surface area contributed by atoms with E-state index in [2.05, 4.69) is 31.3 Å². The van der Waals surface area contributed by atoms with E-state index in [1.807, 2.05) is 6.07 Å². The Labute approximate surface area is 144 Å². The Hall–Kier alpha value is -2.74. The molecule has 0 saturated heterocycles. The van der Waals surface area contributed by atoms with Crippen LogP contribution in [0.25, 0.3) is 16.7 Å². The van der Waals surface area contributed by atoms with Crippen LogP contribution in [0.3, 0.4) is 0 Å². The summed E-state index contributed by atoms with van der Waals surface area (Å²) in [7, 11) is 0. The maximum absolute atomic E-state index is 14.2. The number of halogens is 2. The zero-order valence-electron chi connectivity index (χ0n) is 12.5. The second-order valence-corrected chi connectivity index (χ2v) is 5.85. The highest BCUT2D eigenvalue weighted by Crippen LogP contribution is 2.22. The zero-order chi connectivity index (χ0) is 17.3. The molecule has 1 aromatic carbocycles. The Morgan fingerprint density at radius 2 is 2.21 bits per heavy atom. The van der Waals surface area contributed by atoms with E-state index in [9.17, 15) is 14.3 Å². The van der Waals surface area contributed by atoms with Gasteiger partial charge in [0.1, 0.15) is 11.5 Å². The number of benzene rings is 1. The standard InChI is InChI=1S/C16H12BrFN4O2/c1-2-14(23)16(24)20-11-3-4-12(18)13(6-11)22-8-9-5-10(17)7-19-15(9)21-22/h2-8,23H,1H3,(H,20,24)/b14-2-. The van der Waals surface area contributed by atoms with Crippen molar-refractivity contribution in [1.82, 2.24) is 14.8 Å². The van der Waals surface area contributed by atoms with Crippen molar-refractivity contribution < 1.29 is 14.3 Å². The van der Waals surface area contributed by atoms with E-state index in [0.29, 0.717) is 11.3 Å². The van der Waals surface area contributed by atoms with Gasteiger partial charge in [0.2, 0.25) is 0 Å². The number of aliphatic hydroxyl groups excluding tert-OH is 1. The van der Waals surface area contributed by atoms with E-state index in [-0.39, 0.29) is 5.69 Å². The summed E-state index contributed by atoms with van der Waals surface area (Å²) in [5.74, 6) is -1.60. The topological polar surface area (TPSA) is 80.0 Å². The highest BCUT2D eigenvalue weighted by molar-refractivity contribution is 9.10. The van der Waals surface area contributed by atoms with Gasteiger partial charge in [0.15, 0.2) is 11.4 Å². The van der Waals surface area contributed by atoms with Gasteiger partial charge in [-0.15, -0.1) is 5.10 Å².